The molecule has 1 atom stereocenters. The van der Waals surface area contributed by atoms with Crippen LogP contribution in [-0.2, 0) is 17.9 Å². The molecular formula is C19H24N4O3. The van der Waals surface area contributed by atoms with E-state index in [1.54, 1.807) is 6.07 Å². The van der Waals surface area contributed by atoms with Crippen LogP contribution in [0.5, 0.6) is 0 Å². The Kier molecular flexibility index (Phi) is 5.70. The molecule has 7 nitrogen and oxygen atoms in total. The van der Waals surface area contributed by atoms with Crippen LogP contribution in [0.15, 0.2) is 41.0 Å². The predicted molar refractivity (Wildman–Crippen MR) is 98.2 cm³/mol. The van der Waals surface area contributed by atoms with Crippen LogP contribution in [-0.4, -0.2) is 29.8 Å². The first kappa shape index (κ1) is 18.2. The largest absolute Gasteiger partial charge is 0.467 e. The molecule has 1 aromatic carbocycles. The molecule has 1 aromatic heterocycles. The Labute approximate surface area is 152 Å². The number of carbonyl (C=O) groups is 2. The molecule has 138 valence electrons. The van der Waals surface area contributed by atoms with E-state index in [1.165, 1.54) is 6.26 Å². The Bertz CT molecular complexity index is 769. The highest BCUT2D eigenvalue weighted by Gasteiger charge is 2.23. The summed E-state index contributed by atoms with van der Waals surface area (Å²) in [5.74, 6) is 0.0586. The van der Waals surface area contributed by atoms with E-state index in [2.05, 4.69) is 10.2 Å². The number of nitrogens with two attached hydrogens (primary N) is 2. The summed E-state index contributed by atoms with van der Waals surface area (Å²) in [7, 11) is 0. The smallest absolute Gasteiger partial charge is 0.258 e. The molecule has 3 rings (SSSR count). The Morgan fingerprint density at radius 3 is 2.69 bits per heavy atom. The lowest BCUT2D eigenvalue weighted by atomic mass is 9.97. The van der Waals surface area contributed by atoms with Crippen molar-refractivity contribution < 1.29 is 14.0 Å². The van der Waals surface area contributed by atoms with E-state index >= 15 is 0 Å². The summed E-state index contributed by atoms with van der Waals surface area (Å²) >= 11 is 0. The van der Waals surface area contributed by atoms with Gasteiger partial charge in [0.2, 0.25) is 5.91 Å². The Morgan fingerprint density at radius 1 is 1.27 bits per heavy atom. The van der Waals surface area contributed by atoms with Crippen molar-refractivity contribution in [2.75, 3.05) is 18.4 Å². The van der Waals surface area contributed by atoms with Crippen LogP contribution in [0, 0.1) is 5.92 Å². The topological polar surface area (TPSA) is 115 Å². The van der Waals surface area contributed by atoms with Crippen molar-refractivity contribution in [2.45, 2.75) is 25.9 Å². The second-order valence-corrected chi connectivity index (χ2v) is 6.63. The number of primary amides is 1. The van der Waals surface area contributed by atoms with Crippen LogP contribution in [0.2, 0.25) is 0 Å². The summed E-state index contributed by atoms with van der Waals surface area (Å²) in [6, 6.07) is 9.32. The van der Waals surface area contributed by atoms with Gasteiger partial charge in [-0.25, -0.2) is 0 Å². The summed E-state index contributed by atoms with van der Waals surface area (Å²) in [6.07, 6.45) is 3.26. The number of nitrogens with one attached hydrogen (secondary N) is 1. The standard InChI is InChI=1S/C19H24N4O3/c20-9-17-8-15(12-26-17)19(25)22-16-5-3-13(4-6-16)10-23-7-1-2-14(11-23)18(21)24/h3-6,8,12,14H,1-2,7,9-11,20H2,(H2,21,24)(H,22,25). The number of hydrogen-bond donors (Lipinski definition) is 3. The summed E-state index contributed by atoms with van der Waals surface area (Å²) in [5.41, 5.74) is 13.2. The minimum absolute atomic E-state index is 0.0596. The summed E-state index contributed by atoms with van der Waals surface area (Å²) in [6.45, 7) is 2.69. The van der Waals surface area contributed by atoms with E-state index in [0.717, 1.165) is 31.5 Å². The van der Waals surface area contributed by atoms with Crippen molar-refractivity contribution in [3.63, 3.8) is 0 Å². The summed E-state index contributed by atoms with van der Waals surface area (Å²) < 4.78 is 5.18. The molecule has 0 aliphatic carbocycles. The fourth-order valence-electron chi connectivity index (χ4n) is 3.19. The quantitative estimate of drug-likeness (QED) is 0.728. The number of amides is 2. The predicted octanol–water partition coefficient (Wildman–Crippen LogP) is 1.69. The molecule has 7 heteroatoms. The maximum absolute atomic E-state index is 12.2. The third kappa shape index (κ3) is 4.50. The fourth-order valence-corrected chi connectivity index (χ4v) is 3.19. The minimum Gasteiger partial charge on any atom is -0.467 e. The first-order valence-corrected chi connectivity index (χ1v) is 8.74. The lowest BCUT2D eigenvalue weighted by Crippen LogP contribution is -2.40. The fraction of sp³-hybridized carbons (Fsp3) is 0.368. The number of likely N-dealkylation sites (tertiary alicyclic amines) is 1. The highest BCUT2D eigenvalue weighted by molar-refractivity contribution is 6.04. The average Bonchev–Trinajstić information content (AvgIpc) is 3.13. The van der Waals surface area contributed by atoms with Gasteiger partial charge in [0.05, 0.1) is 18.0 Å². The van der Waals surface area contributed by atoms with Gasteiger partial charge in [0.1, 0.15) is 12.0 Å². The number of furan rings is 1. The van der Waals surface area contributed by atoms with E-state index < -0.39 is 0 Å². The molecule has 0 spiro atoms. The highest BCUT2D eigenvalue weighted by atomic mass is 16.3. The normalized spacial score (nSPS) is 17.8. The Balaban J connectivity index is 1.56. The monoisotopic (exact) mass is 356 g/mol. The third-order valence-electron chi connectivity index (χ3n) is 4.64. The number of rotatable bonds is 6. The zero-order valence-electron chi connectivity index (χ0n) is 14.6. The minimum atomic E-state index is -0.235. The van der Waals surface area contributed by atoms with Crippen molar-refractivity contribution in [3.8, 4) is 0 Å². The van der Waals surface area contributed by atoms with Crippen molar-refractivity contribution >= 4 is 17.5 Å². The third-order valence-corrected chi connectivity index (χ3v) is 4.64. The zero-order valence-corrected chi connectivity index (χ0v) is 14.6. The van der Waals surface area contributed by atoms with Crippen LogP contribution in [0.3, 0.4) is 0 Å². The number of anilines is 1. The molecule has 1 unspecified atom stereocenters. The number of hydrogen-bond acceptors (Lipinski definition) is 5. The SMILES string of the molecule is NCc1cc(C(=O)Nc2ccc(CN3CCCC(C(N)=O)C3)cc2)co1. The van der Waals surface area contributed by atoms with Crippen molar-refractivity contribution in [1.82, 2.24) is 4.90 Å². The maximum atomic E-state index is 12.2. The molecule has 1 aliphatic heterocycles. The van der Waals surface area contributed by atoms with Crippen LogP contribution >= 0.6 is 0 Å². The Morgan fingerprint density at radius 2 is 2.04 bits per heavy atom. The van der Waals surface area contributed by atoms with E-state index in [1.807, 2.05) is 24.3 Å². The second kappa shape index (κ2) is 8.16. The molecule has 2 amide bonds. The van der Waals surface area contributed by atoms with Gasteiger partial charge in [-0.15, -0.1) is 0 Å². The molecule has 1 aliphatic rings. The van der Waals surface area contributed by atoms with Gasteiger partial charge in [0.15, 0.2) is 0 Å². The first-order valence-electron chi connectivity index (χ1n) is 8.74. The van der Waals surface area contributed by atoms with Gasteiger partial charge in [-0.1, -0.05) is 12.1 Å². The van der Waals surface area contributed by atoms with Gasteiger partial charge in [-0.3, -0.25) is 14.5 Å². The highest BCUT2D eigenvalue weighted by Crippen LogP contribution is 2.19. The number of piperidine rings is 1. The van der Waals surface area contributed by atoms with Gasteiger partial charge in [-0.05, 0) is 43.1 Å². The van der Waals surface area contributed by atoms with E-state index in [4.69, 9.17) is 15.9 Å². The van der Waals surface area contributed by atoms with Crippen molar-refractivity contribution in [3.05, 3.63) is 53.5 Å². The van der Waals surface area contributed by atoms with Gasteiger partial charge in [0, 0.05) is 18.8 Å². The molecule has 0 bridgehead atoms. The number of nitrogens with zero attached hydrogens (tertiary/aromatic N) is 1. The van der Waals surface area contributed by atoms with Gasteiger partial charge < -0.3 is 21.2 Å². The zero-order chi connectivity index (χ0) is 18.5. The molecule has 1 fully saturated rings. The van der Waals surface area contributed by atoms with Crippen molar-refractivity contribution in [2.24, 2.45) is 17.4 Å². The van der Waals surface area contributed by atoms with Crippen molar-refractivity contribution in [1.29, 1.82) is 0 Å². The number of benzene rings is 1. The average molecular weight is 356 g/mol. The first-order chi connectivity index (χ1) is 12.5. The molecule has 0 radical (unpaired) electrons. The summed E-state index contributed by atoms with van der Waals surface area (Å²) in [5, 5.41) is 2.83. The molecule has 26 heavy (non-hydrogen) atoms. The van der Waals surface area contributed by atoms with Crippen LogP contribution in [0.25, 0.3) is 0 Å². The van der Waals surface area contributed by atoms with Crippen LogP contribution in [0.1, 0.15) is 34.5 Å². The maximum Gasteiger partial charge on any atom is 0.258 e. The van der Waals surface area contributed by atoms with Crippen LogP contribution in [0.4, 0.5) is 5.69 Å². The van der Waals surface area contributed by atoms with E-state index in [0.29, 0.717) is 23.6 Å². The van der Waals surface area contributed by atoms with Crippen LogP contribution < -0.4 is 16.8 Å². The lowest BCUT2D eigenvalue weighted by molar-refractivity contribution is -0.123. The van der Waals surface area contributed by atoms with Gasteiger partial charge in [-0.2, -0.15) is 0 Å². The molecule has 5 N–H and O–H groups in total. The van der Waals surface area contributed by atoms with E-state index in [-0.39, 0.29) is 24.3 Å². The Hall–Kier alpha value is -2.64. The number of carbonyl (C=O) groups excluding carboxylic acids is 2. The molecular weight excluding hydrogens is 332 g/mol. The molecule has 2 heterocycles. The van der Waals surface area contributed by atoms with Gasteiger partial charge in [0.25, 0.3) is 5.91 Å². The summed E-state index contributed by atoms with van der Waals surface area (Å²) in [4.78, 5) is 25.8. The second-order valence-electron chi connectivity index (χ2n) is 6.63. The molecule has 0 saturated carbocycles. The van der Waals surface area contributed by atoms with E-state index in [9.17, 15) is 9.59 Å². The lowest BCUT2D eigenvalue weighted by Gasteiger charge is -2.31. The molecule has 2 aromatic rings. The van der Waals surface area contributed by atoms with Gasteiger partial charge >= 0.3 is 0 Å². The molecule has 1 saturated heterocycles.